The van der Waals surface area contributed by atoms with Crippen LogP contribution in [0.3, 0.4) is 0 Å². The zero-order valence-electron chi connectivity index (χ0n) is 12.7. The molecule has 0 saturated carbocycles. The van der Waals surface area contributed by atoms with Crippen LogP contribution in [-0.4, -0.2) is 35.6 Å². The number of aromatic nitrogens is 1. The van der Waals surface area contributed by atoms with Crippen LogP contribution in [0, 0.1) is 0 Å². The quantitative estimate of drug-likeness (QED) is 0.697. The molecule has 2 N–H and O–H groups in total. The van der Waals surface area contributed by atoms with Crippen molar-refractivity contribution in [1.29, 1.82) is 0 Å². The van der Waals surface area contributed by atoms with Crippen LogP contribution >= 0.6 is 0 Å². The molecule has 0 fully saturated rings. The summed E-state index contributed by atoms with van der Waals surface area (Å²) in [6.07, 6.45) is 9.79. The average Bonchev–Trinajstić information content (AvgIpc) is 2.45. The Bertz CT molecular complexity index is 339. The van der Waals surface area contributed by atoms with E-state index in [4.69, 9.17) is 5.73 Å². The van der Waals surface area contributed by atoms with E-state index in [9.17, 15) is 0 Å². The molecule has 1 unspecified atom stereocenters. The number of nitrogens with two attached hydrogens (primary N) is 1. The van der Waals surface area contributed by atoms with Gasteiger partial charge in [-0.1, -0.05) is 26.2 Å². The number of likely N-dealkylation sites (N-methyl/N-ethyl adjacent to an activating group) is 1. The molecule has 3 heteroatoms. The lowest BCUT2D eigenvalue weighted by Gasteiger charge is -2.38. The number of hydrogen-bond acceptors (Lipinski definition) is 3. The second-order valence-corrected chi connectivity index (χ2v) is 5.69. The van der Waals surface area contributed by atoms with Gasteiger partial charge in [-0.3, -0.25) is 9.88 Å². The maximum absolute atomic E-state index is 6.01. The van der Waals surface area contributed by atoms with Crippen LogP contribution in [0.4, 0.5) is 0 Å². The van der Waals surface area contributed by atoms with E-state index in [1.165, 1.54) is 31.2 Å². The molecule has 0 aliphatic rings. The highest BCUT2D eigenvalue weighted by Crippen LogP contribution is 2.20. The molecule has 19 heavy (non-hydrogen) atoms. The number of rotatable bonds is 9. The summed E-state index contributed by atoms with van der Waals surface area (Å²) in [6.45, 7) is 6.30. The fraction of sp³-hybridized carbons (Fsp3) is 0.688. The van der Waals surface area contributed by atoms with E-state index in [-0.39, 0.29) is 5.54 Å². The zero-order chi connectivity index (χ0) is 14.1. The molecule has 0 spiro atoms. The van der Waals surface area contributed by atoms with Gasteiger partial charge in [0.25, 0.3) is 0 Å². The summed E-state index contributed by atoms with van der Waals surface area (Å²) in [4.78, 5) is 6.47. The van der Waals surface area contributed by atoms with Gasteiger partial charge in [-0.2, -0.15) is 0 Å². The fourth-order valence-electron chi connectivity index (χ4n) is 2.32. The highest BCUT2D eigenvalue weighted by molar-refractivity contribution is 5.10. The lowest BCUT2D eigenvalue weighted by Crippen LogP contribution is -2.50. The first kappa shape index (κ1) is 16.1. The fourth-order valence-corrected chi connectivity index (χ4v) is 2.32. The number of pyridine rings is 1. The zero-order valence-corrected chi connectivity index (χ0v) is 12.7. The maximum atomic E-state index is 6.01. The van der Waals surface area contributed by atoms with Crippen molar-refractivity contribution < 1.29 is 0 Å². The molecule has 1 heterocycles. The molecule has 0 aliphatic heterocycles. The van der Waals surface area contributed by atoms with Gasteiger partial charge in [0, 0.05) is 31.0 Å². The SMILES string of the molecule is CCCCCC(C)(CN)N(C)CCc1ccncc1. The molecule has 0 aliphatic carbocycles. The van der Waals surface area contributed by atoms with Crippen LogP contribution in [-0.2, 0) is 6.42 Å². The standard InChI is InChI=1S/C16H29N3/c1-4-5-6-10-16(2,14-17)19(3)13-9-15-7-11-18-12-8-15/h7-8,11-12H,4-6,9-10,13-14,17H2,1-3H3. The van der Waals surface area contributed by atoms with Crippen molar-refractivity contribution in [3.63, 3.8) is 0 Å². The van der Waals surface area contributed by atoms with Gasteiger partial charge in [-0.15, -0.1) is 0 Å². The highest BCUT2D eigenvalue weighted by atomic mass is 15.2. The third-order valence-corrected chi connectivity index (χ3v) is 4.17. The largest absolute Gasteiger partial charge is 0.329 e. The van der Waals surface area contributed by atoms with E-state index in [1.54, 1.807) is 0 Å². The second kappa shape index (κ2) is 8.28. The maximum Gasteiger partial charge on any atom is 0.0300 e. The minimum absolute atomic E-state index is 0.127. The first-order valence-corrected chi connectivity index (χ1v) is 7.42. The van der Waals surface area contributed by atoms with Crippen molar-refractivity contribution in [3.8, 4) is 0 Å². The van der Waals surface area contributed by atoms with Crippen molar-refractivity contribution >= 4 is 0 Å². The predicted molar refractivity (Wildman–Crippen MR) is 82.2 cm³/mol. The summed E-state index contributed by atoms with van der Waals surface area (Å²) in [6, 6.07) is 4.18. The van der Waals surface area contributed by atoms with Gasteiger partial charge in [-0.05, 0) is 44.5 Å². The molecule has 1 aromatic rings. The number of nitrogens with zero attached hydrogens (tertiary/aromatic N) is 2. The van der Waals surface area contributed by atoms with Crippen LogP contribution in [0.2, 0.25) is 0 Å². The van der Waals surface area contributed by atoms with Gasteiger partial charge in [0.1, 0.15) is 0 Å². The third-order valence-electron chi connectivity index (χ3n) is 4.17. The average molecular weight is 263 g/mol. The third kappa shape index (κ3) is 5.29. The highest BCUT2D eigenvalue weighted by Gasteiger charge is 2.26. The molecule has 0 amide bonds. The summed E-state index contributed by atoms with van der Waals surface area (Å²) in [5, 5.41) is 0. The van der Waals surface area contributed by atoms with E-state index < -0.39 is 0 Å². The number of unbranched alkanes of at least 4 members (excludes halogenated alkanes) is 2. The van der Waals surface area contributed by atoms with Gasteiger partial charge in [-0.25, -0.2) is 0 Å². The van der Waals surface area contributed by atoms with Crippen molar-refractivity contribution in [2.24, 2.45) is 5.73 Å². The number of hydrogen-bond donors (Lipinski definition) is 1. The Morgan fingerprint density at radius 2 is 1.95 bits per heavy atom. The smallest absolute Gasteiger partial charge is 0.0300 e. The summed E-state index contributed by atoms with van der Waals surface area (Å²) < 4.78 is 0. The second-order valence-electron chi connectivity index (χ2n) is 5.69. The monoisotopic (exact) mass is 263 g/mol. The Labute approximate surface area is 118 Å². The Kier molecular flexibility index (Phi) is 7.03. The molecule has 0 saturated heterocycles. The first-order chi connectivity index (χ1) is 9.12. The lowest BCUT2D eigenvalue weighted by atomic mass is 9.92. The van der Waals surface area contributed by atoms with Gasteiger partial charge >= 0.3 is 0 Å². The minimum Gasteiger partial charge on any atom is -0.329 e. The molecular formula is C16H29N3. The van der Waals surface area contributed by atoms with Crippen LogP contribution < -0.4 is 5.73 Å². The van der Waals surface area contributed by atoms with Gasteiger partial charge in [0.15, 0.2) is 0 Å². The first-order valence-electron chi connectivity index (χ1n) is 7.42. The molecular weight excluding hydrogens is 234 g/mol. The molecule has 1 aromatic heterocycles. The van der Waals surface area contributed by atoms with Gasteiger partial charge < -0.3 is 5.73 Å². The van der Waals surface area contributed by atoms with Crippen LogP contribution in [0.5, 0.6) is 0 Å². The van der Waals surface area contributed by atoms with Crippen LogP contribution in [0.25, 0.3) is 0 Å². The summed E-state index contributed by atoms with van der Waals surface area (Å²) in [7, 11) is 2.19. The molecule has 0 bridgehead atoms. The van der Waals surface area contributed by atoms with Crippen molar-refractivity contribution in [1.82, 2.24) is 9.88 Å². The summed E-state index contributed by atoms with van der Waals surface area (Å²) in [5.41, 5.74) is 7.48. The molecule has 1 atom stereocenters. The van der Waals surface area contributed by atoms with E-state index in [2.05, 4.69) is 42.9 Å². The van der Waals surface area contributed by atoms with Crippen molar-refractivity contribution in [3.05, 3.63) is 30.1 Å². The lowest BCUT2D eigenvalue weighted by molar-refractivity contribution is 0.132. The predicted octanol–water partition coefficient (Wildman–Crippen LogP) is 2.85. The van der Waals surface area contributed by atoms with Crippen molar-refractivity contribution in [2.45, 2.75) is 51.5 Å². The summed E-state index contributed by atoms with van der Waals surface area (Å²) in [5.74, 6) is 0. The topological polar surface area (TPSA) is 42.1 Å². The molecule has 3 nitrogen and oxygen atoms in total. The van der Waals surface area contributed by atoms with E-state index in [1.807, 2.05) is 12.4 Å². The molecule has 0 aromatic carbocycles. The molecule has 108 valence electrons. The van der Waals surface area contributed by atoms with Crippen LogP contribution in [0.1, 0.15) is 45.1 Å². The Morgan fingerprint density at radius 3 is 2.53 bits per heavy atom. The normalized spacial score (nSPS) is 14.6. The van der Waals surface area contributed by atoms with E-state index in [0.717, 1.165) is 19.5 Å². The molecule has 1 rings (SSSR count). The van der Waals surface area contributed by atoms with E-state index >= 15 is 0 Å². The summed E-state index contributed by atoms with van der Waals surface area (Å²) >= 11 is 0. The Hall–Kier alpha value is -0.930. The Balaban J connectivity index is 2.46. The van der Waals surface area contributed by atoms with Crippen LogP contribution in [0.15, 0.2) is 24.5 Å². The molecule has 0 radical (unpaired) electrons. The van der Waals surface area contributed by atoms with E-state index in [0.29, 0.717) is 0 Å². The van der Waals surface area contributed by atoms with Gasteiger partial charge in [0.2, 0.25) is 0 Å². The minimum atomic E-state index is 0.127. The van der Waals surface area contributed by atoms with Gasteiger partial charge in [0.05, 0.1) is 0 Å². The Morgan fingerprint density at radius 1 is 1.26 bits per heavy atom. The van der Waals surface area contributed by atoms with Crippen molar-refractivity contribution in [2.75, 3.05) is 20.1 Å².